The molecule has 0 saturated carbocycles. The van der Waals surface area contributed by atoms with Crippen molar-refractivity contribution in [3.63, 3.8) is 0 Å². The van der Waals surface area contributed by atoms with Crippen molar-refractivity contribution in [1.29, 1.82) is 0 Å². The Morgan fingerprint density at radius 1 is 1.14 bits per heavy atom. The molecule has 0 saturated heterocycles. The van der Waals surface area contributed by atoms with E-state index in [0.29, 0.717) is 24.9 Å². The second-order valence-electron chi connectivity index (χ2n) is 5.22. The fourth-order valence-corrected chi connectivity index (χ4v) is 3.59. The summed E-state index contributed by atoms with van der Waals surface area (Å²) in [5.74, 6) is -0.118. The molecule has 1 aromatic rings. The van der Waals surface area contributed by atoms with Crippen molar-refractivity contribution < 1.29 is 13.2 Å². The summed E-state index contributed by atoms with van der Waals surface area (Å²) in [4.78, 5) is 11.5. The van der Waals surface area contributed by atoms with Crippen LogP contribution in [-0.2, 0) is 14.8 Å². The van der Waals surface area contributed by atoms with Crippen molar-refractivity contribution in [2.75, 3.05) is 11.9 Å². The molecule has 0 aromatic heterocycles. The highest BCUT2D eigenvalue weighted by molar-refractivity contribution is 7.89. The molecule has 0 heterocycles. The van der Waals surface area contributed by atoms with E-state index >= 15 is 0 Å². The zero-order valence-corrected chi connectivity index (χ0v) is 14.2. The summed E-state index contributed by atoms with van der Waals surface area (Å²) in [6, 6.07) is 6.09. The predicted molar refractivity (Wildman–Crippen MR) is 88.1 cm³/mol. The van der Waals surface area contributed by atoms with Crippen LogP contribution >= 0.6 is 0 Å². The fourth-order valence-electron chi connectivity index (χ4n) is 2.04. The highest BCUT2D eigenvalue weighted by Crippen LogP contribution is 2.20. The van der Waals surface area contributed by atoms with Crippen molar-refractivity contribution in [3.05, 3.63) is 24.3 Å². The van der Waals surface area contributed by atoms with E-state index in [1.54, 1.807) is 19.1 Å². The first-order valence-corrected chi connectivity index (χ1v) is 8.94. The zero-order chi connectivity index (χ0) is 16.8. The van der Waals surface area contributed by atoms with Crippen molar-refractivity contribution in [3.8, 4) is 0 Å². The van der Waals surface area contributed by atoms with Crippen molar-refractivity contribution in [2.45, 2.75) is 50.5 Å². The van der Waals surface area contributed by atoms with Gasteiger partial charge >= 0.3 is 0 Å². The van der Waals surface area contributed by atoms with Crippen LogP contribution < -0.4 is 15.8 Å². The molecule has 6 nitrogen and oxygen atoms in total. The first-order valence-electron chi connectivity index (χ1n) is 7.46. The van der Waals surface area contributed by atoms with Crippen LogP contribution in [0.25, 0.3) is 0 Å². The quantitative estimate of drug-likeness (QED) is 0.678. The van der Waals surface area contributed by atoms with E-state index in [-0.39, 0.29) is 17.3 Å². The van der Waals surface area contributed by atoms with E-state index in [9.17, 15) is 13.2 Å². The molecule has 1 aromatic carbocycles. The third-order valence-corrected chi connectivity index (χ3v) is 5.46. The number of hydrogen-bond donors (Lipinski definition) is 3. The maximum Gasteiger partial charge on any atom is 0.241 e. The summed E-state index contributed by atoms with van der Waals surface area (Å²) in [5, 5.41) is 2.68. The Hall–Kier alpha value is -1.44. The Balaban J connectivity index is 2.96. The Morgan fingerprint density at radius 2 is 1.68 bits per heavy atom. The summed E-state index contributed by atoms with van der Waals surface area (Å²) >= 11 is 0. The van der Waals surface area contributed by atoms with E-state index < -0.39 is 15.6 Å². The number of carbonyl (C=O) groups excluding carboxylic acids is 1. The normalized spacial score (nSPS) is 12.2. The second-order valence-corrected chi connectivity index (χ2v) is 6.91. The lowest BCUT2D eigenvalue weighted by molar-refractivity contribution is -0.115. The van der Waals surface area contributed by atoms with Gasteiger partial charge < -0.3 is 11.1 Å². The fraction of sp³-hybridized carbons (Fsp3) is 0.533. The first-order chi connectivity index (χ1) is 10.3. The van der Waals surface area contributed by atoms with E-state index in [0.717, 1.165) is 0 Å². The van der Waals surface area contributed by atoms with E-state index in [4.69, 9.17) is 5.73 Å². The Bertz CT molecular complexity index is 585. The molecule has 0 aliphatic heterocycles. The third kappa shape index (κ3) is 4.53. The number of sulfonamides is 1. The number of hydrogen-bond acceptors (Lipinski definition) is 4. The van der Waals surface area contributed by atoms with Gasteiger partial charge in [-0.1, -0.05) is 20.8 Å². The van der Waals surface area contributed by atoms with Crippen molar-refractivity contribution >= 4 is 21.6 Å². The summed E-state index contributed by atoms with van der Waals surface area (Å²) < 4.78 is 27.6. The van der Waals surface area contributed by atoms with Gasteiger partial charge in [0.1, 0.15) is 0 Å². The average Bonchev–Trinajstić information content (AvgIpc) is 2.53. The number of carbonyl (C=O) groups is 1. The molecule has 0 bridgehead atoms. The largest absolute Gasteiger partial charge is 0.329 e. The van der Waals surface area contributed by atoms with E-state index in [1.165, 1.54) is 12.1 Å². The van der Waals surface area contributed by atoms with Gasteiger partial charge in [-0.3, -0.25) is 4.79 Å². The molecule has 0 spiro atoms. The Kier molecular flexibility index (Phi) is 6.52. The molecule has 1 amide bonds. The van der Waals surface area contributed by atoms with Gasteiger partial charge in [-0.05, 0) is 37.1 Å². The lowest BCUT2D eigenvalue weighted by Gasteiger charge is -2.31. The van der Waals surface area contributed by atoms with Crippen LogP contribution in [-0.4, -0.2) is 26.4 Å². The number of nitrogens with two attached hydrogens (primary N) is 1. The number of nitrogens with one attached hydrogen (secondary N) is 2. The van der Waals surface area contributed by atoms with Crippen LogP contribution in [0.4, 0.5) is 5.69 Å². The highest BCUT2D eigenvalue weighted by Gasteiger charge is 2.30. The molecule has 22 heavy (non-hydrogen) atoms. The lowest BCUT2D eigenvalue weighted by atomic mass is 9.95. The summed E-state index contributed by atoms with van der Waals surface area (Å²) in [6.45, 7) is 5.80. The Morgan fingerprint density at radius 3 is 2.09 bits per heavy atom. The molecule has 1 rings (SSSR count). The molecule has 0 atom stereocenters. The van der Waals surface area contributed by atoms with Gasteiger partial charge in [0.05, 0.1) is 4.90 Å². The van der Waals surface area contributed by atoms with Crippen LogP contribution in [0.1, 0.15) is 40.0 Å². The first kappa shape index (κ1) is 18.6. The van der Waals surface area contributed by atoms with Gasteiger partial charge in [-0.2, -0.15) is 0 Å². The molecule has 0 aliphatic carbocycles. The standard InChI is InChI=1S/C15H25N3O3S/c1-4-14(19)17-12-7-9-13(10-8-12)22(20,21)18-15(5-2,6-3)11-16/h7-10,18H,4-6,11,16H2,1-3H3,(H,17,19). The molecule has 0 fully saturated rings. The van der Waals surface area contributed by atoms with Gasteiger partial charge in [-0.15, -0.1) is 0 Å². The monoisotopic (exact) mass is 327 g/mol. The van der Waals surface area contributed by atoms with Gasteiger partial charge in [0.25, 0.3) is 0 Å². The topological polar surface area (TPSA) is 101 Å². The second kappa shape index (κ2) is 7.71. The molecule has 0 radical (unpaired) electrons. The van der Waals surface area contributed by atoms with Gasteiger partial charge in [0, 0.05) is 24.2 Å². The maximum atomic E-state index is 12.5. The summed E-state index contributed by atoms with van der Waals surface area (Å²) in [5.41, 5.74) is 5.67. The van der Waals surface area contributed by atoms with Crippen LogP contribution in [0.5, 0.6) is 0 Å². The van der Waals surface area contributed by atoms with E-state index in [2.05, 4.69) is 10.0 Å². The van der Waals surface area contributed by atoms with Gasteiger partial charge in [0.2, 0.25) is 15.9 Å². The maximum absolute atomic E-state index is 12.5. The van der Waals surface area contributed by atoms with Gasteiger partial charge in [-0.25, -0.2) is 13.1 Å². The van der Waals surface area contributed by atoms with Gasteiger partial charge in [0.15, 0.2) is 0 Å². The number of amides is 1. The third-order valence-electron chi connectivity index (χ3n) is 3.86. The molecule has 4 N–H and O–H groups in total. The van der Waals surface area contributed by atoms with Crippen molar-refractivity contribution in [1.82, 2.24) is 4.72 Å². The van der Waals surface area contributed by atoms with Crippen LogP contribution in [0, 0.1) is 0 Å². The minimum absolute atomic E-state index is 0.118. The van der Waals surface area contributed by atoms with Crippen LogP contribution in [0.2, 0.25) is 0 Å². The highest BCUT2D eigenvalue weighted by atomic mass is 32.2. The minimum Gasteiger partial charge on any atom is -0.329 e. The SMILES string of the molecule is CCC(=O)Nc1ccc(S(=O)(=O)NC(CC)(CC)CN)cc1. The summed E-state index contributed by atoms with van der Waals surface area (Å²) in [7, 11) is -3.65. The Labute approximate surface area is 132 Å². The minimum atomic E-state index is -3.65. The van der Waals surface area contributed by atoms with E-state index in [1.807, 2.05) is 13.8 Å². The number of benzene rings is 1. The predicted octanol–water partition coefficient (Wildman–Crippen LogP) is 1.83. The lowest BCUT2D eigenvalue weighted by Crippen LogP contribution is -2.52. The average molecular weight is 327 g/mol. The van der Waals surface area contributed by atoms with Crippen LogP contribution in [0.3, 0.4) is 0 Å². The van der Waals surface area contributed by atoms with Crippen LogP contribution in [0.15, 0.2) is 29.2 Å². The summed E-state index contributed by atoms with van der Waals surface area (Å²) in [6.07, 6.45) is 1.60. The molecule has 7 heteroatoms. The number of rotatable bonds is 8. The molecule has 124 valence electrons. The zero-order valence-electron chi connectivity index (χ0n) is 13.3. The molecular weight excluding hydrogens is 302 g/mol. The van der Waals surface area contributed by atoms with Crippen molar-refractivity contribution in [2.24, 2.45) is 5.73 Å². The molecule has 0 aliphatic rings. The molecule has 0 unspecified atom stereocenters. The number of anilines is 1. The molecular formula is C15H25N3O3S. The smallest absolute Gasteiger partial charge is 0.241 e.